The van der Waals surface area contributed by atoms with E-state index in [4.69, 9.17) is 9.47 Å². The lowest BCUT2D eigenvalue weighted by molar-refractivity contribution is -0.139. The van der Waals surface area contributed by atoms with Gasteiger partial charge in [0.05, 0.1) is 11.7 Å². The summed E-state index contributed by atoms with van der Waals surface area (Å²) in [4.78, 5) is 2.04. The van der Waals surface area contributed by atoms with Gasteiger partial charge in [0.15, 0.2) is 11.5 Å². The van der Waals surface area contributed by atoms with Gasteiger partial charge in [-0.1, -0.05) is 24.3 Å². The van der Waals surface area contributed by atoms with E-state index in [9.17, 15) is 18.3 Å². The number of benzene rings is 2. The fourth-order valence-corrected chi connectivity index (χ4v) is 4.06. The second-order valence-corrected chi connectivity index (χ2v) is 7.16. The van der Waals surface area contributed by atoms with Crippen molar-refractivity contribution in [2.75, 3.05) is 26.3 Å². The Morgan fingerprint density at radius 1 is 1.07 bits per heavy atom. The quantitative estimate of drug-likeness (QED) is 0.839. The summed E-state index contributed by atoms with van der Waals surface area (Å²) in [5.41, 5.74) is 0.165. The van der Waals surface area contributed by atoms with E-state index in [1.165, 1.54) is 18.2 Å². The molecule has 0 unspecified atom stereocenters. The number of ether oxygens (including phenoxy) is 2. The Morgan fingerprint density at radius 3 is 2.61 bits per heavy atom. The van der Waals surface area contributed by atoms with Crippen LogP contribution in [0.5, 0.6) is 11.5 Å². The maximum absolute atomic E-state index is 13.3. The van der Waals surface area contributed by atoms with Crippen LogP contribution in [0.2, 0.25) is 0 Å². The van der Waals surface area contributed by atoms with Crippen molar-refractivity contribution in [1.29, 1.82) is 0 Å². The van der Waals surface area contributed by atoms with Crippen LogP contribution in [-0.2, 0) is 6.18 Å². The van der Waals surface area contributed by atoms with Crippen molar-refractivity contribution < 1.29 is 27.8 Å². The van der Waals surface area contributed by atoms with Gasteiger partial charge in [-0.05, 0) is 48.7 Å². The van der Waals surface area contributed by atoms with E-state index in [1.807, 2.05) is 23.1 Å². The summed E-state index contributed by atoms with van der Waals surface area (Å²) < 4.78 is 51.0. The van der Waals surface area contributed by atoms with Crippen LogP contribution in [0.4, 0.5) is 13.2 Å². The Hall–Kier alpha value is -2.25. The average Bonchev–Trinajstić information content (AvgIpc) is 3.15. The maximum atomic E-state index is 13.3. The largest absolute Gasteiger partial charge is 0.486 e. The topological polar surface area (TPSA) is 41.9 Å². The van der Waals surface area contributed by atoms with Crippen molar-refractivity contribution in [3.63, 3.8) is 0 Å². The van der Waals surface area contributed by atoms with Crippen LogP contribution in [-0.4, -0.2) is 36.3 Å². The van der Waals surface area contributed by atoms with Crippen LogP contribution in [0.1, 0.15) is 41.7 Å². The first-order chi connectivity index (χ1) is 13.4. The molecule has 0 saturated carbocycles. The second-order valence-electron chi connectivity index (χ2n) is 7.16. The summed E-state index contributed by atoms with van der Waals surface area (Å²) in [5.74, 6) is 1.40. The van der Waals surface area contributed by atoms with Crippen LogP contribution in [0, 0.1) is 0 Å². The molecule has 2 aliphatic rings. The highest BCUT2D eigenvalue weighted by molar-refractivity contribution is 5.45. The normalized spacial score (nSPS) is 20.9. The number of β-amino-alcohol motifs (C(OH)–C–C–N with tert-alkyl or cyclic N) is 1. The van der Waals surface area contributed by atoms with Crippen molar-refractivity contribution in [3.8, 4) is 11.5 Å². The molecule has 1 N–H and O–H groups in total. The van der Waals surface area contributed by atoms with Crippen LogP contribution in [0.3, 0.4) is 0 Å². The molecule has 4 rings (SSSR count). The average molecular weight is 393 g/mol. The summed E-state index contributed by atoms with van der Waals surface area (Å²) in [6.45, 7) is 1.89. The summed E-state index contributed by atoms with van der Waals surface area (Å²) in [6.07, 6.45) is -3.90. The second kappa shape index (κ2) is 7.64. The van der Waals surface area contributed by atoms with Gasteiger partial charge in [-0.2, -0.15) is 13.2 Å². The van der Waals surface area contributed by atoms with Gasteiger partial charge in [0, 0.05) is 12.6 Å². The molecule has 7 heteroatoms. The highest BCUT2D eigenvalue weighted by atomic mass is 19.4. The molecule has 1 saturated heterocycles. The molecule has 0 radical (unpaired) electrons. The van der Waals surface area contributed by atoms with Gasteiger partial charge < -0.3 is 14.6 Å². The summed E-state index contributed by atoms with van der Waals surface area (Å²) in [5, 5.41) is 10.6. The molecule has 2 atom stereocenters. The summed E-state index contributed by atoms with van der Waals surface area (Å²) >= 11 is 0. The zero-order valence-corrected chi connectivity index (χ0v) is 15.3. The van der Waals surface area contributed by atoms with E-state index in [2.05, 4.69) is 0 Å². The zero-order valence-electron chi connectivity index (χ0n) is 15.3. The van der Waals surface area contributed by atoms with E-state index in [0.29, 0.717) is 24.7 Å². The molecule has 28 heavy (non-hydrogen) atoms. The van der Waals surface area contributed by atoms with Crippen LogP contribution in [0.15, 0.2) is 42.5 Å². The number of aliphatic hydroxyl groups is 1. The minimum absolute atomic E-state index is 0.0310. The monoisotopic (exact) mass is 393 g/mol. The highest BCUT2D eigenvalue weighted by Crippen LogP contribution is 2.40. The first kappa shape index (κ1) is 19.1. The standard InChI is InChI=1S/C21H22F3NO3/c22-21(23,24)16-5-2-1-4-15(16)18(26)13-25-9-3-6-17(25)14-7-8-19-20(12-14)28-11-10-27-19/h1-2,4-5,7-8,12,17-18,26H,3,6,9-11,13H2/t17-,18-/m1/s1. The number of nitrogens with zero attached hydrogens (tertiary/aromatic N) is 1. The number of hydrogen-bond acceptors (Lipinski definition) is 4. The zero-order chi connectivity index (χ0) is 19.7. The molecule has 2 aliphatic heterocycles. The molecule has 0 amide bonds. The Bertz CT molecular complexity index is 840. The Labute approximate surface area is 161 Å². The Kier molecular flexibility index (Phi) is 5.21. The van der Waals surface area contributed by atoms with Crippen molar-refractivity contribution in [3.05, 3.63) is 59.2 Å². The van der Waals surface area contributed by atoms with E-state index >= 15 is 0 Å². The molecule has 0 aromatic heterocycles. The van der Waals surface area contributed by atoms with Gasteiger partial charge in [-0.15, -0.1) is 0 Å². The van der Waals surface area contributed by atoms with Crippen LogP contribution in [0.25, 0.3) is 0 Å². The fourth-order valence-electron chi connectivity index (χ4n) is 4.06. The lowest BCUT2D eigenvalue weighted by Gasteiger charge is -2.29. The Balaban J connectivity index is 1.54. The number of likely N-dealkylation sites (tertiary alicyclic amines) is 1. The summed E-state index contributed by atoms with van der Waals surface area (Å²) in [6, 6.07) is 11.0. The van der Waals surface area contributed by atoms with Crippen molar-refractivity contribution >= 4 is 0 Å². The van der Waals surface area contributed by atoms with Crippen LogP contribution < -0.4 is 9.47 Å². The SMILES string of the molecule is O[C@H](CN1CCC[C@@H]1c1ccc2c(c1)OCCO2)c1ccccc1C(F)(F)F. The minimum Gasteiger partial charge on any atom is -0.486 e. The Morgan fingerprint density at radius 2 is 1.82 bits per heavy atom. The maximum Gasteiger partial charge on any atom is 0.416 e. The van der Waals surface area contributed by atoms with Gasteiger partial charge >= 0.3 is 6.18 Å². The number of alkyl halides is 3. The third kappa shape index (κ3) is 3.82. The van der Waals surface area contributed by atoms with Crippen molar-refractivity contribution in [2.45, 2.75) is 31.2 Å². The highest BCUT2D eigenvalue weighted by Gasteiger charge is 2.36. The van der Waals surface area contributed by atoms with E-state index < -0.39 is 17.8 Å². The van der Waals surface area contributed by atoms with E-state index in [1.54, 1.807) is 0 Å². The van der Waals surface area contributed by atoms with Gasteiger partial charge in [0.2, 0.25) is 0 Å². The number of rotatable bonds is 4. The number of hydrogen-bond donors (Lipinski definition) is 1. The van der Waals surface area contributed by atoms with Gasteiger partial charge in [0.25, 0.3) is 0 Å². The first-order valence-corrected chi connectivity index (χ1v) is 9.41. The molecule has 0 bridgehead atoms. The van der Waals surface area contributed by atoms with Gasteiger partial charge in [-0.25, -0.2) is 0 Å². The van der Waals surface area contributed by atoms with Crippen molar-refractivity contribution in [2.24, 2.45) is 0 Å². The number of fused-ring (bicyclic) bond motifs is 1. The predicted octanol–water partition coefficient (Wildman–Crippen LogP) is 4.35. The van der Waals surface area contributed by atoms with Crippen molar-refractivity contribution in [1.82, 2.24) is 4.90 Å². The predicted molar refractivity (Wildman–Crippen MR) is 97.4 cm³/mol. The number of aliphatic hydroxyl groups excluding tert-OH is 1. The third-order valence-corrected chi connectivity index (χ3v) is 5.35. The third-order valence-electron chi connectivity index (χ3n) is 5.35. The fraction of sp³-hybridized carbons (Fsp3) is 0.429. The smallest absolute Gasteiger partial charge is 0.416 e. The minimum atomic E-state index is -4.49. The lowest BCUT2D eigenvalue weighted by Crippen LogP contribution is -2.29. The molecule has 0 aliphatic carbocycles. The van der Waals surface area contributed by atoms with Gasteiger partial charge in [0.1, 0.15) is 13.2 Å². The molecule has 150 valence electrons. The number of halogens is 3. The van der Waals surface area contributed by atoms with Gasteiger partial charge in [-0.3, -0.25) is 4.90 Å². The molecule has 2 aromatic rings. The lowest BCUT2D eigenvalue weighted by atomic mass is 10.00. The van der Waals surface area contributed by atoms with Crippen LogP contribution >= 0.6 is 0 Å². The molecular weight excluding hydrogens is 371 g/mol. The molecule has 2 aromatic carbocycles. The molecule has 0 spiro atoms. The molecule has 4 nitrogen and oxygen atoms in total. The molecule has 1 fully saturated rings. The molecular formula is C21H22F3NO3. The summed E-state index contributed by atoms with van der Waals surface area (Å²) in [7, 11) is 0. The van der Waals surface area contributed by atoms with E-state index in [-0.39, 0.29) is 18.2 Å². The molecule has 2 heterocycles. The first-order valence-electron chi connectivity index (χ1n) is 9.41. The van der Waals surface area contributed by atoms with E-state index in [0.717, 1.165) is 31.0 Å².